The molecule has 10 nitrogen and oxygen atoms in total. The van der Waals surface area contributed by atoms with Gasteiger partial charge in [-0.15, -0.1) is 0 Å². The van der Waals surface area contributed by atoms with Gasteiger partial charge < -0.3 is 19.3 Å². The summed E-state index contributed by atoms with van der Waals surface area (Å²) in [6.45, 7) is 4.37. The number of aromatic amines is 1. The predicted octanol–water partition coefficient (Wildman–Crippen LogP) is 2.54. The fourth-order valence-corrected chi connectivity index (χ4v) is 4.94. The monoisotopic (exact) mass is 463 g/mol. The SMILES string of the molecule is O=C(c1cc(N2CCC(c3n[nH]c4ncccc34)CC2)nc(OC[C@H]2CCCO2)n1)N1CCC1. The van der Waals surface area contributed by atoms with Crippen LogP contribution in [0.4, 0.5) is 5.82 Å². The Hall–Kier alpha value is -3.27. The number of ether oxygens (including phenoxy) is 2. The number of hydrogen-bond donors (Lipinski definition) is 1. The lowest BCUT2D eigenvalue weighted by molar-refractivity contribution is 0.0619. The smallest absolute Gasteiger partial charge is 0.319 e. The zero-order valence-corrected chi connectivity index (χ0v) is 19.2. The third-order valence-electron chi connectivity index (χ3n) is 7.05. The number of aromatic nitrogens is 5. The molecular formula is C24H29N7O3. The summed E-state index contributed by atoms with van der Waals surface area (Å²) in [5.41, 5.74) is 2.32. The number of carbonyl (C=O) groups excluding carboxylic acids is 1. The summed E-state index contributed by atoms with van der Waals surface area (Å²) in [6.07, 6.45) is 6.79. The van der Waals surface area contributed by atoms with Crippen molar-refractivity contribution in [3.8, 4) is 6.01 Å². The first-order valence-corrected chi connectivity index (χ1v) is 12.2. The van der Waals surface area contributed by atoms with E-state index >= 15 is 0 Å². The largest absolute Gasteiger partial charge is 0.461 e. The van der Waals surface area contributed by atoms with Crippen molar-refractivity contribution in [2.24, 2.45) is 0 Å². The Labute approximate surface area is 197 Å². The van der Waals surface area contributed by atoms with Gasteiger partial charge in [-0.05, 0) is 44.2 Å². The number of anilines is 1. The van der Waals surface area contributed by atoms with E-state index in [4.69, 9.17) is 9.47 Å². The second-order valence-corrected chi connectivity index (χ2v) is 9.26. The van der Waals surface area contributed by atoms with Crippen LogP contribution in [0.15, 0.2) is 24.4 Å². The predicted molar refractivity (Wildman–Crippen MR) is 125 cm³/mol. The fourth-order valence-electron chi connectivity index (χ4n) is 4.94. The van der Waals surface area contributed by atoms with Crippen molar-refractivity contribution in [3.63, 3.8) is 0 Å². The number of fused-ring (bicyclic) bond motifs is 1. The van der Waals surface area contributed by atoms with Crippen molar-refractivity contribution in [2.45, 2.75) is 44.1 Å². The summed E-state index contributed by atoms with van der Waals surface area (Å²) in [6, 6.07) is 6.09. The first-order valence-electron chi connectivity index (χ1n) is 12.2. The first kappa shape index (κ1) is 21.3. The van der Waals surface area contributed by atoms with Crippen LogP contribution < -0.4 is 9.64 Å². The third kappa shape index (κ3) is 4.18. The van der Waals surface area contributed by atoms with Gasteiger partial charge >= 0.3 is 6.01 Å². The molecule has 0 radical (unpaired) electrons. The molecule has 3 fully saturated rings. The molecule has 0 aliphatic carbocycles. The molecule has 0 saturated carbocycles. The lowest BCUT2D eigenvalue weighted by Crippen LogP contribution is -2.42. The standard InChI is InChI=1S/C24H29N7O3/c32-23(31-9-3-10-31)19-14-20(27-24(26-19)34-15-17-4-2-13-33-17)30-11-6-16(7-12-30)21-18-5-1-8-25-22(18)29-28-21/h1,5,8,14,16-17H,2-4,6-7,9-13,15H2,(H,25,28,29)/t17-/m1/s1. The summed E-state index contributed by atoms with van der Waals surface area (Å²) < 4.78 is 11.6. The van der Waals surface area contributed by atoms with Crippen molar-refractivity contribution in [3.05, 3.63) is 35.8 Å². The number of pyridine rings is 1. The van der Waals surface area contributed by atoms with Gasteiger partial charge in [0.15, 0.2) is 5.65 Å². The molecule has 0 unspecified atom stereocenters. The van der Waals surface area contributed by atoms with Crippen LogP contribution in [0.2, 0.25) is 0 Å². The second kappa shape index (κ2) is 9.17. The zero-order chi connectivity index (χ0) is 22.9. The number of rotatable bonds is 6. The highest BCUT2D eigenvalue weighted by Gasteiger charge is 2.28. The van der Waals surface area contributed by atoms with Crippen molar-refractivity contribution in [1.82, 2.24) is 30.0 Å². The Kier molecular flexibility index (Phi) is 5.74. The molecule has 0 aromatic carbocycles. The summed E-state index contributed by atoms with van der Waals surface area (Å²) in [5.74, 6) is 1.05. The lowest BCUT2D eigenvalue weighted by Gasteiger charge is -2.33. The van der Waals surface area contributed by atoms with Crippen LogP contribution in [-0.2, 0) is 4.74 Å². The van der Waals surface area contributed by atoms with Gasteiger partial charge in [-0.2, -0.15) is 15.1 Å². The molecule has 10 heteroatoms. The van der Waals surface area contributed by atoms with Crippen molar-refractivity contribution in [2.75, 3.05) is 44.3 Å². The molecule has 3 aliphatic heterocycles. The van der Waals surface area contributed by atoms with Gasteiger partial charge in [-0.3, -0.25) is 9.89 Å². The number of piperidine rings is 1. The molecule has 0 bridgehead atoms. The van der Waals surface area contributed by atoms with Gasteiger partial charge in [0, 0.05) is 56.4 Å². The number of likely N-dealkylation sites (tertiary alicyclic amines) is 1. The van der Waals surface area contributed by atoms with E-state index < -0.39 is 0 Å². The topological polar surface area (TPSA) is 109 Å². The summed E-state index contributed by atoms with van der Waals surface area (Å²) in [7, 11) is 0. The maximum Gasteiger partial charge on any atom is 0.319 e. The third-order valence-corrected chi connectivity index (χ3v) is 7.05. The van der Waals surface area contributed by atoms with E-state index in [1.165, 1.54) is 0 Å². The first-order chi connectivity index (χ1) is 16.7. The Morgan fingerprint density at radius 2 is 2.03 bits per heavy atom. The number of H-pyrrole nitrogens is 1. The number of amides is 1. The van der Waals surface area contributed by atoms with Gasteiger partial charge in [0.05, 0.1) is 11.8 Å². The lowest BCUT2D eigenvalue weighted by atomic mass is 9.92. The van der Waals surface area contributed by atoms with Crippen LogP contribution in [0.3, 0.4) is 0 Å². The van der Waals surface area contributed by atoms with Gasteiger partial charge in [-0.25, -0.2) is 4.98 Å². The number of nitrogens with zero attached hydrogens (tertiary/aromatic N) is 6. The number of hydrogen-bond acceptors (Lipinski definition) is 8. The quantitative estimate of drug-likeness (QED) is 0.594. The highest BCUT2D eigenvalue weighted by atomic mass is 16.5. The molecule has 34 heavy (non-hydrogen) atoms. The Bertz CT molecular complexity index is 1160. The summed E-state index contributed by atoms with van der Waals surface area (Å²) in [4.78, 5) is 30.5. The van der Waals surface area contributed by atoms with Crippen LogP contribution in [0.5, 0.6) is 6.01 Å². The minimum absolute atomic E-state index is 0.0535. The highest BCUT2D eigenvalue weighted by molar-refractivity contribution is 5.93. The average Bonchev–Trinajstić information content (AvgIpc) is 3.52. The summed E-state index contributed by atoms with van der Waals surface area (Å²) in [5, 5.41) is 8.69. The van der Waals surface area contributed by atoms with Crippen molar-refractivity contribution in [1.29, 1.82) is 0 Å². The molecular weight excluding hydrogens is 434 g/mol. The molecule has 0 spiro atoms. The fraction of sp³-hybridized carbons (Fsp3) is 0.542. The van der Waals surface area contributed by atoms with E-state index in [9.17, 15) is 4.79 Å². The molecule has 3 saturated heterocycles. The number of nitrogens with one attached hydrogen (secondary N) is 1. The molecule has 3 aromatic heterocycles. The van der Waals surface area contributed by atoms with E-state index in [1.807, 2.05) is 17.0 Å². The average molecular weight is 464 g/mol. The Morgan fingerprint density at radius 3 is 2.79 bits per heavy atom. The molecule has 3 aliphatic rings. The zero-order valence-electron chi connectivity index (χ0n) is 19.2. The van der Waals surface area contributed by atoms with Crippen molar-refractivity contribution >= 4 is 22.8 Å². The molecule has 6 heterocycles. The van der Waals surface area contributed by atoms with Gasteiger partial charge in [0.1, 0.15) is 18.1 Å². The van der Waals surface area contributed by atoms with Gasteiger partial charge in [-0.1, -0.05) is 0 Å². The molecule has 1 atom stereocenters. The van der Waals surface area contributed by atoms with Crippen LogP contribution in [0.1, 0.15) is 54.2 Å². The second-order valence-electron chi connectivity index (χ2n) is 9.26. The molecule has 178 valence electrons. The normalized spacial score (nSPS) is 21.1. The van der Waals surface area contributed by atoms with Gasteiger partial charge in [0.2, 0.25) is 0 Å². The van der Waals surface area contributed by atoms with Gasteiger partial charge in [0.25, 0.3) is 5.91 Å². The van der Waals surface area contributed by atoms with Crippen LogP contribution >= 0.6 is 0 Å². The van der Waals surface area contributed by atoms with E-state index in [-0.39, 0.29) is 18.0 Å². The van der Waals surface area contributed by atoms with E-state index in [1.54, 1.807) is 6.20 Å². The van der Waals surface area contributed by atoms with E-state index in [2.05, 4.69) is 36.1 Å². The van der Waals surface area contributed by atoms with Crippen LogP contribution in [-0.4, -0.2) is 81.5 Å². The maximum atomic E-state index is 12.9. The Balaban J connectivity index is 1.19. The molecule has 3 aromatic rings. The maximum absolute atomic E-state index is 12.9. The van der Waals surface area contributed by atoms with E-state index in [0.29, 0.717) is 18.2 Å². The van der Waals surface area contributed by atoms with Crippen LogP contribution in [0, 0.1) is 0 Å². The summed E-state index contributed by atoms with van der Waals surface area (Å²) >= 11 is 0. The highest BCUT2D eigenvalue weighted by Crippen LogP contribution is 2.33. The number of carbonyl (C=O) groups is 1. The Morgan fingerprint density at radius 1 is 1.15 bits per heavy atom. The molecule has 1 amide bonds. The molecule has 6 rings (SSSR count). The minimum Gasteiger partial charge on any atom is -0.461 e. The minimum atomic E-state index is -0.0535. The van der Waals surface area contributed by atoms with Crippen molar-refractivity contribution < 1.29 is 14.3 Å². The molecule has 1 N–H and O–H groups in total. The van der Waals surface area contributed by atoms with Crippen LogP contribution in [0.25, 0.3) is 11.0 Å². The van der Waals surface area contributed by atoms with E-state index in [0.717, 1.165) is 87.4 Å².